The molecule has 0 saturated heterocycles. The van der Waals surface area contributed by atoms with Gasteiger partial charge in [-0.05, 0) is 31.0 Å². The van der Waals surface area contributed by atoms with Crippen molar-refractivity contribution in [1.29, 1.82) is 0 Å². The Balaban J connectivity index is 1.96. The third-order valence-electron chi connectivity index (χ3n) is 3.14. The fraction of sp³-hybridized carbons (Fsp3) is 0.312. The lowest BCUT2D eigenvalue weighted by atomic mass is 10.1. The van der Waals surface area contributed by atoms with Gasteiger partial charge in [-0.1, -0.05) is 23.7 Å². The molecule has 0 radical (unpaired) electrons. The number of nitrogens with one attached hydrogen (secondary N) is 1. The number of halogens is 1. The number of nitrogens with zero attached hydrogens (tertiary/aromatic N) is 2. The minimum absolute atomic E-state index is 0.124. The van der Waals surface area contributed by atoms with Gasteiger partial charge in [0.25, 0.3) is 5.56 Å². The van der Waals surface area contributed by atoms with Gasteiger partial charge in [0.05, 0.1) is 6.61 Å². The lowest BCUT2D eigenvalue weighted by Crippen LogP contribution is -2.28. The Morgan fingerprint density at radius 2 is 2.09 bits per heavy atom. The molecule has 2 aromatic rings. The summed E-state index contributed by atoms with van der Waals surface area (Å²) in [6.07, 6.45) is 3.67. The van der Waals surface area contributed by atoms with Crippen molar-refractivity contribution in [3.8, 4) is 0 Å². The Kier molecular flexibility index (Phi) is 6.17. The zero-order valence-corrected chi connectivity index (χ0v) is 13.5. The van der Waals surface area contributed by atoms with Gasteiger partial charge >= 0.3 is 5.97 Å². The zero-order chi connectivity index (χ0) is 16.7. The molecular weight excluding hydrogens is 318 g/mol. The molecule has 0 aliphatic carbocycles. The van der Waals surface area contributed by atoms with Crippen molar-refractivity contribution in [3.63, 3.8) is 0 Å². The van der Waals surface area contributed by atoms with Gasteiger partial charge in [0.1, 0.15) is 6.54 Å². The summed E-state index contributed by atoms with van der Waals surface area (Å²) in [5.41, 5.74) is 0.751. The van der Waals surface area contributed by atoms with E-state index in [4.69, 9.17) is 16.3 Å². The number of hydrogen-bond acceptors (Lipinski definition) is 5. The Morgan fingerprint density at radius 1 is 1.35 bits per heavy atom. The van der Waals surface area contributed by atoms with E-state index in [0.717, 1.165) is 12.0 Å². The Bertz CT molecular complexity index is 713. The number of ether oxygens (including phenoxy) is 1. The molecule has 7 heteroatoms. The second-order valence-electron chi connectivity index (χ2n) is 4.82. The summed E-state index contributed by atoms with van der Waals surface area (Å²) in [4.78, 5) is 27.7. The smallest absolute Gasteiger partial charge is 0.326 e. The molecule has 0 bridgehead atoms. The summed E-state index contributed by atoms with van der Waals surface area (Å²) in [6.45, 7) is 2.43. The Morgan fingerprint density at radius 3 is 2.78 bits per heavy atom. The highest BCUT2D eigenvalue weighted by molar-refractivity contribution is 6.30. The van der Waals surface area contributed by atoms with E-state index in [-0.39, 0.29) is 24.5 Å². The highest BCUT2D eigenvalue weighted by atomic mass is 35.5. The van der Waals surface area contributed by atoms with E-state index in [2.05, 4.69) is 10.3 Å². The molecule has 2 rings (SSSR count). The molecule has 1 aromatic heterocycles. The first kappa shape index (κ1) is 17.0. The first-order valence-corrected chi connectivity index (χ1v) is 7.67. The molecule has 0 amide bonds. The van der Waals surface area contributed by atoms with E-state index < -0.39 is 5.97 Å². The second kappa shape index (κ2) is 8.33. The fourth-order valence-corrected chi connectivity index (χ4v) is 2.14. The number of carbonyl (C=O) groups excluding carboxylic acids is 1. The SMILES string of the molecule is CCOC(=O)Cn1ccnc(NCCc2ccc(Cl)cc2)c1=O. The highest BCUT2D eigenvalue weighted by Gasteiger charge is 2.08. The maximum Gasteiger partial charge on any atom is 0.326 e. The maximum absolute atomic E-state index is 12.2. The molecule has 0 saturated carbocycles. The quantitative estimate of drug-likeness (QED) is 0.784. The van der Waals surface area contributed by atoms with Crippen LogP contribution in [0.2, 0.25) is 5.02 Å². The molecule has 1 aromatic carbocycles. The lowest BCUT2D eigenvalue weighted by molar-refractivity contribution is -0.143. The van der Waals surface area contributed by atoms with Crippen LogP contribution in [0.1, 0.15) is 12.5 Å². The van der Waals surface area contributed by atoms with Crippen molar-refractivity contribution in [3.05, 3.63) is 57.6 Å². The van der Waals surface area contributed by atoms with Gasteiger partial charge in [-0.2, -0.15) is 0 Å². The molecule has 122 valence electrons. The summed E-state index contributed by atoms with van der Waals surface area (Å²) < 4.78 is 6.11. The third kappa shape index (κ3) is 5.10. The van der Waals surface area contributed by atoms with E-state index in [9.17, 15) is 9.59 Å². The van der Waals surface area contributed by atoms with Crippen LogP contribution in [0.25, 0.3) is 0 Å². The normalized spacial score (nSPS) is 10.3. The van der Waals surface area contributed by atoms with E-state index in [1.54, 1.807) is 6.92 Å². The van der Waals surface area contributed by atoms with Crippen molar-refractivity contribution >= 4 is 23.4 Å². The standard InChI is InChI=1S/C16H18ClN3O3/c1-2-23-14(21)11-20-10-9-19-15(16(20)22)18-8-7-12-3-5-13(17)6-4-12/h3-6,9-10H,2,7-8,11H2,1H3,(H,18,19). The number of rotatable bonds is 7. The number of esters is 1. The predicted molar refractivity (Wildman–Crippen MR) is 88.8 cm³/mol. The van der Waals surface area contributed by atoms with Gasteiger partial charge in [-0.25, -0.2) is 4.98 Å². The summed E-state index contributed by atoms with van der Waals surface area (Å²) in [7, 11) is 0. The van der Waals surface area contributed by atoms with Crippen LogP contribution in [0.4, 0.5) is 5.82 Å². The van der Waals surface area contributed by atoms with Gasteiger partial charge in [-0.3, -0.25) is 14.2 Å². The lowest BCUT2D eigenvalue weighted by Gasteiger charge is -2.09. The van der Waals surface area contributed by atoms with E-state index in [0.29, 0.717) is 11.6 Å². The van der Waals surface area contributed by atoms with Crippen molar-refractivity contribution in [2.45, 2.75) is 19.9 Å². The largest absolute Gasteiger partial charge is 0.465 e. The minimum atomic E-state index is -0.451. The van der Waals surface area contributed by atoms with Crippen LogP contribution in [-0.2, 0) is 22.5 Å². The first-order chi connectivity index (χ1) is 11.1. The number of carbonyl (C=O) groups is 1. The van der Waals surface area contributed by atoms with Gasteiger partial charge in [0, 0.05) is 24.0 Å². The molecule has 0 unspecified atom stereocenters. The van der Waals surface area contributed by atoms with Crippen molar-refractivity contribution in [2.24, 2.45) is 0 Å². The molecule has 0 atom stereocenters. The van der Waals surface area contributed by atoms with Crippen LogP contribution in [0, 0.1) is 0 Å². The van der Waals surface area contributed by atoms with Gasteiger partial charge in [-0.15, -0.1) is 0 Å². The zero-order valence-electron chi connectivity index (χ0n) is 12.8. The van der Waals surface area contributed by atoms with E-state index >= 15 is 0 Å². The topological polar surface area (TPSA) is 73.2 Å². The molecule has 0 fully saturated rings. The first-order valence-electron chi connectivity index (χ1n) is 7.29. The van der Waals surface area contributed by atoms with Crippen LogP contribution >= 0.6 is 11.6 Å². The average molecular weight is 336 g/mol. The van der Waals surface area contributed by atoms with Crippen molar-refractivity contribution < 1.29 is 9.53 Å². The molecule has 0 spiro atoms. The maximum atomic E-state index is 12.2. The number of anilines is 1. The van der Waals surface area contributed by atoms with Gasteiger partial charge in [0.2, 0.25) is 0 Å². The summed E-state index contributed by atoms with van der Waals surface area (Å²) in [6, 6.07) is 7.51. The average Bonchev–Trinajstić information content (AvgIpc) is 2.53. The molecule has 0 aliphatic heterocycles. The number of hydrogen-bond donors (Lipinski definition) is 1. The van der Waals surface area contributed by atoms with Crippen LogP contribution in [-0.4, -0.2) is 28.7 Å². The molecule has 23 heavy (non-hydrogen) atoms. The molecule has 0 aliphatic rings. The van der Waals surface area contributed by atoms with Gasteiger partial charge in [0.15, 0.2) is 5.82 Å². The van der Waals surface area contributed by atoms with E-state index in [1.807, 2.05) is 24.3 Å². The monoisotopic (exact) mass is 335 g/mol. The third-order valence-corrected chi connectivity index (χ3v) is 3.39. The van der Waals surface area contributed by atoms with Crippen LogP contribution in [0.15, 0.2) is 41.5 Å². The van der Waals surface area contributed by atoms with Crippen LogP contribution in [0.3, 0.4) is 0 Å². The summed E-state index contributed by atoms with van der Waals surface area (Å²) >= 11 is 5.84. The second-order valence-corrected chi connectivity index (χ2v) is 5.25. The van der Waals surface area contributed by atoms with Crippen LogP contribution < -0.4 is 10.9 Å². The molecule has 6 nitrogen and oxygen atoms in total. The minimum Gasteiger partial charge on any atom is -0.465 e. The Labute approximate surface area is 139 Å². The molecule has 1 heterocycles. The van der Waals surface area contributed by atoms with Gasteiger partial charge < -0.3 is 10.1 Å². The predicted octanol–water partition coefficient (Wildman–Crippen LogP) is 2.11. The number of benzene rings is 1. The fourth-order valence-electron chi connectivity index (χ4n) is 2.02. The van der Waals surface area contributed by atoms with Crippen molar-refractivity contribution in [2.75, 3.05) is 18.5 Å². The van der Waals surface area contributed by atoms with Crippen LogP contribution in [0.5, 0.6) is 0 Å². The number of aromatic nitrogens is 2. The Hall–Kier alpha value is -2.34. The molecule has 1 N–H and O–H groups in total. The highest BCUT2D eigenvalue weighted by Crippen LogP contribution is 2.09. The van der Waals surface area contributed by atoms with E-state index in [1.165, 1.54) is 17.0 Å². The summed E-state index contributed by atoms with van der Waals surface area (Å²) in [5, 5.41) is 3.68. The summed E-state index contributed by atoms with van der Waals surface area (Å²) in [5.74, 6) is -0.237. The van der Waals surface area contributed by atoms with Crippen molar-refractivity contribution in [1.82, 2.24) is 9.55 Å². The molecular formula is C16H18ClN3O3.